The summed E-state index contributed by atoms with van der Waals surface area (Å²) in [6, 6.07) is 19.4. The minimum Gasteiger partial charge on any atom is -0.495 e. The summed E-state index contributed by atoms with van der Waals surface area (Å²) in [7, 11) is 1.72. The van der Waals surface area contributed by atoms with Gasteiger partial charge in [-0.05, 0) is 36.4 Å². The van der Waals surface area contributed by atoms with E-state index in [0.717, 1.165) is 44.2 Å². The molecule has 1 aliphatic rings. The number of carbonyl (C=O) groups is 1. The highest BCUT2D eigenvalue weighted by Crippen LogP contribution is 2.27. The predicted octanol–water partition coefficient (Wildman–Crippen LogP) is 1.96. The Morgan fingerprint density at radius 3 is 2.61 bits per heavy atom. The first-order chi connectivity index (χ1) is 15.2. The van der Waals surface area contributed by atoms with Crippen LogP contribution in [0.5, 0.6) is 5.75 Å². The first-order valence-electron chi connectivity index (χ1n) is 10.4. The van der Waals surface area contributed by atoms with Gasteiger partial charge in [0, 0.05) is 11.1 Å². The van der Waals surface area contributed by atoms with Crippen molar-refractivity contribution in [2.24, 2.45) is 5.10 Å². The van der Waals surface area contributed by atoms with E-state index in [0.29, 0.717) is 11.3 Å². The number of piperazine rings is 1. The number of carbonyl (C=O) groups excluding carboxylic acids is 1. The number of ether oxygens (including phenoxy) is 1. The van der Waals surface area contributed by atoms with Gasteiger partial charge in [0.25, 0.3) is 5.91 Å². The van der Waals surface area contributed by atoms with Crippen molar-refractivity contribution in [1.82, 2.24) is 5.43 Å². The van der Waals surface area contributed by atoms with Gasteiger partial charge < -0.3 is 19.0 Å². The fourth-order valence-electron chi connectivity index (χ4n) is 3.78. The lowest BCUT2D eigenvalue weighted by atomic mass is 10.1. The van der Waals surface area contributed by atoms with Gasteiger partial charge in [-0.2, -0.15) is 5.10 Å². The van der Waals surface area contributed by atoms with E-state index in [2.05, 4.69) is 27.6 Å². The van der Waals surface area contributed by atoms with E-state index in [1.165, 1.54) is 16.7 Å². The van der Waals surface area contributed by atoms with Crippen molar-refractivity contribution >= 4 is 17.8 Å². The van der Waals surface area contributed by atoms with E-state index >= 15 is 0 Å². The molecule has 7 nitrogen and oxygen atoms in total. The quantitative estimate of drug-likeness (QED) is 0.454. The van der Waals surface area contributed by atoms with Crippen molar-refractivity contribution in [3.8, 4) is 5.75 Å². The third-order valence-corrected chi connectivity index (χ3v) is 5.47. The molecular weight excluding hydrogens is 392 g/mol. The summed E-state index contributed by atoms with van der Waals surface area (Å²) in [5.74, 6) is 1.27. The lowest BCUT2D eigenvalue weighted by Crippen LogP contribution is -3.13. The van der Waals surface area contributed by atoms with Crippen LogP contribution in [0.15, 0.2) is 76.4 Å². The molecule has 0 aliphatic carbocycles. The van der Waals surface area contributed by atoms with Crippen LogP contribution in [-0.4, -0.2) is 45.4 Å². The number of furan rings is 1. The summed E-state index contributed by atoms with van der Waals surface area (Å²) in [6.07, 6.45) is 3.03. The number of para-hydroxylation sites is 2. The van der Waals surface area contributed by atoms with Crippen molar-refractivity contribution < 1.29 is 18.8 Å². The zero-order valence-electron chi connectivity index (χ0n) is 17.6. The second kappa shape index (κ2) is 9.95. The maximum absolute atomic E-state index is 12.2. The Labute approximate surface area is 181 Å². The average Bonchev–Trinajstić information content (AvgIpc) is 3.33. The molecule has 0 radical (unpaired) electrons. The molecule has 2 aromatic carbocycles. The van der Waals surface area contributed by atoms with Crippen molar-refractivity contribution in [2.75, 3.05) is 38.2 Å². The number of nitrogens with zero attached hydrogens (tertiary/aromatic N) is 2. The van der Waals surface area contributed by atoms with E-state index in [1.54, 1.807) is 25.5 Å². The number of rotatable bonds is 7. The molecule has 0 atom stereocenters. The van der Waals surface area contributed by atoms with Crippen LogP contribution in [0.1, 0.15) is 21.7 Å². The fraction of sp³-hybridized carbons (Fsp3) is 0.250. The molecule has 0 bridgehead atoms. The normalized spacial score (nSPS) is 14.7. The molecule has 3 aromatic rings. The van der Waals surface area contributed by atoms with E-state index in [-0.39, 0.29) is 5.91 Å². The Hall–Kier alpha value is -3.58. The van der Waals surface area contributed by atoms with Gasteiger partial charge in [-0.1, -0.05) is 24.3 Å². The first kappa shape index (κ1) is 20.7. The van der Waals surface area contributed by atoms with Gasteiger partial charge in [0.15, 0.2) is 0 Å². The van der Waals surface area contributed by atoms with Gasteiger partial charge in [0.2, 0.25) is 0 Å². The molecule has 7 heteroatoms. The minimum absolute atomic E-state index is 0.243. The number of hydrazone groups is 1. The molecule has 1 amide bonds. The Bertz CT molecular complexity index is 1010. The summed E-state index contributed by atoms with van der Waals surface area (Å²) >= 11 is 0. The van der Waals surface area contributed by atoms with Crippen LogP contribution in [-0.2, 0) is 6.54 Å². The number of nitrogens with one attached hydrogen (secondary N) is 2. The Morgan fingerprint density at radius 2 is 1.90 bits per heavy atom. The fourth-order valence-corrected chi connectivity index (χ4v) is 3.78. The summed E-state index contributed by atoms with van der Waals surface area (Å²) in [6.45, 7) is 5.04. The molecule has 160 valence electrons. The number of amides is 1. The summed E-state index contributed by atoms with van der Waals surface area (Å²) in [5, 5.41) is 3.91. The summed E-state index contributed by atoms with van der Waals surface area (Å²) < 4.78 is 10.6. The molecule has 0 unspecified atom stereocenters. The monoisotopic (exact) mass is 419 g/mol. The molecule has 2 heterocycles. The highest BCUT2D eigenvalue weighted by molar-refractivity contribution is 5.94. The predicted molar refractivity (Wildman–Crippen MR) is 120 cm³/mol. The lowest BCUT2D eigenvalue weighted by Gasteiger charge is -2.34. The third kappa shape index (κ3) is 5.32. The highest BCUT2D eigenvalue weighted by Gasteiger charge is 2.22. The Kier molecular flexibility index (Phi) is 6.64. The Morgan fingerprint density at radius 1 is 1.13 bits per heavy atom. The van der Waals surface area contributed by atoms with Crippen molar-refractivity contribution in [2.45, 2.75) is 6.54 Å². The molecule has 1 aromatic heterocycles. The van der Waals surface area contributed by atoms with Gasteiger partial charge in [-0.15, -0.1) is 0 Å². The largest absolute Gasteiger partial charge is 0.495 e. The van der Waals surface area contributed by atoms with Crippen LogP contribution in [0.4, 0.5) is 5.69 Å². The van der Waals surface area contributed by atoms with Gasteiger partial charge in [0.05, 0.1) is 51.5 Å². The Balaban J connectivity index is 1.27. The number of anilines is 1. The van der Waals surface area contributed by atoms with Crippen LogP contribution in [0.3, 0.4) is 0 Å². The van der Waals surface area contributed by atoms with Gasteiger partial charge in [-0.25, -0.2) is 5.43 Å². The average molecular weight is 420 g/mol. The maximum Gasteiger partial charge on any atom is 0.271 e. The molecule has 1 aliphatic heterocycles. The molecule has 1 saturated heterocycles. The highest BCUT2D eigenvalue weighted by atomic mass is 16.5. The molecule has 4 rings (SSSR count). The standard InChI is InChI=1S/C24H26N4O3/c1-30-23-7-3-2-6-22(23)28-14-12-27(13-15-28)18-19-8-10-20(11-9-19)24(29)26-25-17-21-5-4-16-31-21/h2-11,16-17H,12-15,18H2,1H3,(H,26,29)/p+1/b25-17-. The van der Waals surface area contributed by atoms with Crippen LogP contribution in [0, 0.1) is 0 Å². The minimum atomic E-state index is -0.243. The van der Waals surface area contributed by atoms with E-state index < -0.39 is 0 Å². The maximum atomic E-state index is 12.2. The van der Waals surface area contributed by atoms with Crippen molar-refractivity contribution in [1.29, 1.82) is 0 Å². The zero-order chi connectivity index (χ0) is 21.5. The van der Waals surface area contributed by atoms with Crippen molar-refractivity contribution in [3.63, 3.8) is 0 Å². The number of quaternary nitrogens is 1. The lowest BCUT2D eigenvalue weighted by molar-refractivity contribution is -0.914. The smallest absolute Gasteiger partial charge is 0.271 e. The SMILES string of the molecule is COc1ccccc1N1CC[NH+](Cc2ccc(C(=O)N/N=C\c3ccco3)cc2)CC1. The molecule has 0 saturated carbocycles. The van der Waals surface area contributed by atoms with Crippen molar-refractivity contribution in [3.05, 3.63) is 83.8 Å². The molecule has 2 N–H and O–H groups in total. The summed E-state index contributed by atoms with van der Waals surface area (Å²) in [5.41, 5.74) is 5.48. The van der Waals surface area contributed by atoms with Crippen LogP contribution in [0.2, 0.25) is 0 Å². The van der Waals surface area contributed by atoms with E-state index in [4.69, 9.17) is 9.15 Å². The van der Waals surface area contributed by atoms with E-state index in [9.17, 15) is 4.79 Å². The zero-order valence-corrected chi connectivity index (χ0v) is 17.6. The van der Waals surface area contributed by atoms with Crippen LogP contribution in [0.25, 0.3) is 0 Å². The number of hydrogen-bond acceptors (Lipinski definition) is 5. The number of hydrogen-bond donors (Lipinski definition) is 2. The summed E-state index contributed by atoms with van der Waals surface area (Å²) in [4.78, 5) is 16.1. The molecular formula is C24H27N4O3+. The van der Waals surface area contributed by atoms with Crippen LogP contribution < -0.4 is 20.0 Å². The second-order valence-electron chi connectivity index (χ2n) is 7.50. The third-order valence-electron chi connectivity index (χ3n) is 5.47. The first-order valence-corrected chi connectivity index (χ1v) is 10.4. The second-order valence-corrected chi connectivity index (χ2v) is 7.50. The topological polar surface area (TPSA) is 71.5 Å². The van der Waals surface area contributed by atoms with Gasteiger partial charge in [-0.3, -0.25) is 4.79 Å². The van der Waals surface area contributed by atoms with E-state index in [1.807, 2.05) is 36.4 Å². The van der Waals surface area contributed by atoms with Crippen LogP contribution >= 0.6 is 0 Å². The number of benzene rings is 2. The van der Waals surface area contributed by atoms with Gasteiger partial charge in [0.1, 0.15) is 18.1 Å². The molecule has 1 fully saturated rings. The number of methoxy groups -OCH3 is 1. The van der Waals surface area contributed by atoms with Gasteiger partial charge >= 0.3 is 0 Å². The molecule has 0 spiro atoms. The molecule has 31 heavy (non-hydrogen) atoms.